The van der Waals surface area contributed by atoms with Gasteiger partial charge in [0.25, 0.3) is 0 Å². The molecule has 8 nitrogen and oxygen atoms in total. The van der Waals surface area contributed by atoms with Crippen molar-refractivity contribution in [2.75, 3.05) is 13.1 Å². The Balaban J connectivity index is 1.60. The number of ketones is 1. The van der Waals surface area contributed by atoms with Crippen LogP contribution in [0.15, 0.2) is 77.7 Å². The number of nitrogens with two attached hydrogens (primary N) is 1. The molecule has 3 aromatic rings. The van der Waals surface area contributed by atoms with Crippen LogP contribution in [0.1, 0.15) is 28.4 Å². The fraction of sp³-hybridized carbons (Fsp3) is 0.231. The normalized spacial score (nSPS) is 16.1. The Morgan fingerprint density at radius 3 is 2.31 bits per heavy atom. The van der Waals surface area contributed by atoms with E-state index >= 15 is 0 Å². The largest absolute Gasteiger partial charge is 0.480 e. The van der Waals surface area contributed by atoms with E-state index in [0.29, 0.717) is 21.9 Å². The van der Waals surface area contributed by atoms with Gasteiger partial charge in [-0.05, 0) is 73.0 Å². The summed E-state index contributed by atoms with van der Waals surface area (Å²) in [4.78, 5) is 22.7. The Kier molecular flexibility index (Phi) is 7.19. The summed E-state index contributed by atoms with van der Waals surface area (Å²) in [5, 5.41) is 9.61. The maximum atomic E-state index is 13.4. The number of carboxylic acids is 1. The van der Waals surface area contributed by atoms with Crippen molar-refractivity contribution in [2.24, 2.45) is 5.73 Å². The summed E-state index contributed by atoms with van der Waals surface area (Å²) in [7, 11) is -3.88. The molecule has 0 aliphatic carbocycles. The molecule has 0 aromatic heterocycles. The molecular formula is C26H25ClN2O6S. The van der Waals surface area contributed by atoms with Crippen molar-refractivity contribution in [3.05, 3.63) is 94.5 Å². The first-order chi connectivity index (χ1) is 17.0. The highest BCUT2D eigenvalue weighted by Gasteiger charge is 2.52. The molecule has 4 rings (SSSR count). The van der Waals surface area contributed by atoms with Gasteiger partial charge in [0.2, 0.25) is 10.0 Å². The van der Waals surface area contributed by atoms with Crippen LogP contribution in [0.5, 0.6) is 5.75 Å². The number of carbonyl (C=O) groups excluding carboxylic acids is 1. The van der Waals surface area contributed by atoms with E-state index in [1.807, 2.05) is 0 Å². The number of aliphatic carboxylic acids is 1. The summed E-state index contributed by atoms with van der Waals surface area (Å²) in [5.74, 6) is -0.731. The van der Waals surface area contributed by atoms with Gasteiger partial charge in [0, 0.05) is 10.6 Å². The first-order valence-electron chi connectivity index (χ1n) is 11.1. The smallest absolute Gasteiger partial charge is 0.320 e. The number of carboxylic acid groups (broad SMARTS) is 1. The minimum absolute atomic E-state index is 0.00672. The fourth-order valence-electron chi connectivity index (χ4n) is 4.06. The van der Waals surface area contributed by atoms with Crippen molar-refractivity contribution in [1.29, 1.82) is 0 Å². The summed E-state index contributed by atoms with van der Waals surface area (Å²) in [5.41, 5.74) is 6.47. The number of rotatable bonds is 9. The summed E-state index contributed by atoms with van der Waals surface area (Å²) in [6.45, 7) is 1.57. The first-order valence-corrected chi connectivity index (χ1v) is 13.0. The maximum absolute atomic E-state index is 13.4. The number of halogens is 1. The lowest BCUT2D eigenvalue weighted by atomic mass is 9.87. The quantitative estimate of drug-likeness (QED) is 0.407. The molecule has 3 N–H and O–H groups in total. The number of hydrogen-bond acceptors (Lipinski definition) is 6. The molecule has 0 amide bonds. The molecule has 0 spiro atoms. The molecule has 3 aromatic carbocycles. The van der Waals surface area contributed by atoms with Gasteiger partial charge < -0.3 is 15.6 Å². The van der Waals surface area contributed by atoms with Crippen molar-refractivity contribution >= 4 is 33.4 Å². The molecule has 1 aliphatic rings. The van der Waals surface area contributed by atoms with Gasteiger partial charge in [-0.3, -0.25) is 9.59 Å². The van der Waals surface area contributed by atoms with Crippen LogP contribution in [0.2, 0.25) is 5.02 Å². The fourth-order valence-corrected chi connectivity index (χ4v) is 5.79. The van der Waals surface area contributed by atoms with Crippen LogP contribution in [0, 0.1) is 0 Å². The van der Waals surface area contributed by atoms with E-state index in [1.54, 1.807) is 60.7 Å². The molecule has 1 saturated heterocycles. The highest BCUT2D eigenvalue weighted by molar-refractivity contribution is 7.89. The van der Waals surface area contributed by atoms with Crippen molar-refractivity contribution < 1.29 is 27.9 Å². The number of hydrogen-bond donors (Lipinski definition) is 2. The third-order valence-electron chi connectivity index (χ3n) is 6.12. The van der Waals surface area contributed by atoms with E-state index < -0.39 is 27.6 Å². The van der Waals surface area contributed by atoms with Crippen molar-refractivity contribution in [3.8, 4) is 5.75 Å². The van der Waals surface area contributed by atoms with Crippen LogP contribution < -0.4 is 10.5 Å². The van der Waals surface area contributed by atoms with Crippen LogP contribution >= 0.6 is 11.6 Å². The van der Waals surface area contributed by atoms with Crippen LogP contribution in [0.3, 0.4) is 0 Å². The summed E-state index contributed by atoms with van der Waals surface area (Å²) in [6.07, 6.45) is 0.00672. The highest BCUT2D eigenvalue weighted by atomic mass is 35.5. The van der Waals surface area contributed by atoms with Crippen LogP contribution in [-0.2, 0) is 26.8 Å². The van der Waals surface area contributed by atoms with Gasteiger partial charge in [-0.1, -0.05) is 35.9 Å². The molecule has 1 aliphatic heterocycles. The van der Waals surface area contributed by atoms with E-state index in [4.69, 9.17) is 27.2 Å². The second kappa shape index (κ2) is 10.0. The second-order valence-corrected chi connectivity index (χ2v) is 11.1. The van der Waals surface area contributed by atoms with Gasteiger partial charge in [0.15, 0.2) is 11.4 Å². The third kappa shape index (κ3) is 5.29. The first kappa shape index (κ1) is 25.8. The Bertz CT molecular complexity index is 1380. The number of sulfonamides is 1. The van der Waals surface area contributed by atoms with Gasteiger partial charge in [-0.15, -0.1) is 0 Å². The minimum Gasteiger partial charge on any atom is -0.480 e. The topological polar surface area (TPSA) is 127 Å². The number of carbonyl (C=O) groups is 2. The molecule has 10 heteroatoms. The Morgan fingerprint density at radius 2 is 1.72 bits per heavy atom. The molecule has 0 bridgehead atoms. The molecule has 188 valence electrons. The van der Waals surface area contributed by atoms with E-state index in [1.165, 1.54) is 23.4 Å². The lowest BCUT2D eigenvalue weighted by Gasteiger charge is -2.49. The third-order valence-corrected chi connectivity index (χ3v) is 8.16. The summed E-state index contributed by atoms with van der Waals surface area (Å²) < 4.78 is 34.4. The van der Waals surface area contributed by atoms with Crippen molar-refractivity contribution in [1.82, 2.24) is 4.31 Å². The average molecular weight is 529 g/mol. The number of ether oxygens (including phenoxy) is 1. The van der Waals surface area contributed by atoms with E-state index in [-0.39, 0.29) is 30.2 Å². The van der Waals surface area contributed by atoms with Crippen molar-refractivity contribution in [2.45, 2.75) is 29.9 Å². The predicted molar refractivity (Wildman–Crippen MR) is 135 cm³/mol. The zero-order valence-electron chi connectivity index (χ0n) is 19.4. The average Bonchev–Trinajstić information content (AvgIpc) is 2.82. The van der Waals surface area contributed by atoms with E-state index in [0.717, 1.165) is 5.56 Å². The van der Waals surface area contributed by atoms with Crippen LogP contribution in [0.25, 0.3) is 0 Å². The lowest BCUT2D eigenvalue weighted by molar-refractivity contribution is -0.138. The van der Waals surface area contributed by atoms with Crippen molar-refractivity contribution in [3.63, 3.8) is 0 Å². The van der Waals surface area contributed by atoms with Gasteiger partial charge in [0.05, 0.1) is 18.0 Å². The van der Waals surface area contributed by atoms with Gasteiger partial charge in [-0.25, -0.2) is 8.42 Å². The number of benzene rings is 3. The summed E-state index contributed by atoms with van der Waals surface area (Å²) in [6, 6.07) is 18.7. The number of Topliss-reactive ketones (excluding diaryl/α,β-unsaturated/α-hetero) is 1. The number of nitrogens with zero attached hydrogens (tertiary/aromatic N) is 1. The molecule has 1 heterocycles. The summed E-state index contributed by atoms with van der Waals surface area (Å²) >= 11 is 6.06. The van der Waals surface area contributed by atoms with Crippen LogP contribution in [0.4, 0.5) is 0 Å². The molecule has 1 fully saturated rings. The minimum atomic E-state index is -3.88. The standard InChI is InChI=1S/C26H25ClN2O6S/c1-17(30)19-5-11-22(12-6-19)35-26(20-7-9-21(27)10-8-20)15-29(16-26)36(33,34)23-4-2-3-18(13-23)14-24(28)25(31)32/h2-13,24H,14-16,28H2,1H3,(H,31,32)/t24-/m0/s1. The monoisotopic (exact) mass is 528 g/mol. The molecular weight excluding hydrogens is 504 g/mol. The van der Waals surface area contributed by atoms with E-state index in [9.17, 15) is 18.0 Å². The predicted octanol–water partition coefficient (Wildman–Crippen LogP) is 3.48. The molecule has 36 heavy (non-hydrogen) atoms. The highest BCUT2D eigenvalue weighted by Crippen LogP contribution is 2.40. The Morgan fingerprint density at radius 1 is 1.08 bits per heavy atom. The molecule has 0 unspecified atom stereocenters. The molecule has 0 radical (unpaired) electrons. The zero-order chi connectivity index (χ0) is 26.1. The van der Waals surface area contributed by atoms with Gasteiger partial charge in [0.1, 0.15) is 11.8 Å². The maximum Gasteiger partial charge on any atom is 0.320 e. The zero-order valence-corrected chi connectivity index (χ0v) is 21.0. The second-order valence-electron chi connectivity index (χ2n) is 8.75. The molecule has 1 atom stereocenters. The lowest BCUT2D eigenvalue weighted by Crippen LogP contribution is -2.64. The van der Waals surface area contributed by atoms with Gasteiger partial charge >= 0.3 is 5.97 Å². The van der Waals surface area contributed by atoms with Crippen LogP contribution in [-0.4, -0.2) is 48.7 Å². The Labute approximate surface area is 214 Å². The SMILES string of the molecule is CC(=O)c1ccc(OC2(c3ccc(Cl)cc3)CN(S(=O)(=O)c3cccc(C[C@H](N)C(=O)O)c3)C2)cc1. The molecule has 0 saturated carbocycles. The Hall–Kier alpha value is -3.24. The van der Waals surface area contributed by atoms with Gasteiger partial charge in [-0.2, -0.15) is 4.31 Å². The van der Waals surface area contributed by atoms with E-state index in [2.05, 4.69) is 0 Å².